The molecule has 30 heavy (non-hydrogen) atoms. The molecule has 2 amide bonds. The van der Waals surface area contributed by atoms with Crippen LogP contribution in [-0.4, -0.2) is 69.1 Å². The molecule has 0 radical (unpaired) electrons. The van der Waals surface area contributed by atoms with Crippen molar-refractivity contribution in [1.29, 1.82) is 0 Å². The molecule has 2 aromatic rings. The van der Waals surface area contributed by atoms with Gasteiger partial charge < -0.3 is 24.0 Å². The molecule has 0 unspecified atom stereocenters. The van der Waals surface area contributed by atoms with E-state index in [0.717, 1.165) is 0 Å². The zero-order valence-electron chi connectivity index (χ0n) is 16.9. The molecule has 1 saturated heterocycles. The predicted molar refractivity (Wildman–Crippen MR) is 114 cm³/mol. The van der Waals surface area contributed by atoms with Crippen LogP contribution < -0.4 is 14.2 Å². The van der Waals surface area contributed by atoms with Crippen molar-refractivity contribution in [3.05, 3.63) is 51.5 Å². The number of amides is 2. The molecule has 0 spiro atoms. The monoisotopic (exact) mass is 452 g/mol. The fourth-order valence-corrected chi connectivity index (χ4v) is 3.87. The van der Waals surface area contributed by atoms with Crippen molar-refractivity contribution in [1.82, 2.24) is 9.80 Å². The summed E-state index contributed by atoms with van der Waals surface area (Å²) < 4.78 is 15.9. The lowest BCUT2D eigenvalue weighted by Gasteiger charge is -2.35. The fraction of sp³-hybridized carbons (Fsp3) is 0.333. The Hall–Kier alpha value is -2.64. The molecule has 0 N–H and O–H groups in total. The van der Waals surface area contributed by atoms with Gasteiger partial charge in [-0.3, -0.25) is 9.59 Å². The van der Waals surface area contributed by atoms with Crippen molar-refractivity contribution >= 4 is 35.0 Å². The van der Waals surface area contributed by atoms with Crippen LogP contribution in [0.1, 0.15) is 20.7 Å². The van der Waals surface area contributed by atoms with Gasteiger partial charge in [0.1, 0.15) is 5.75 Å². The number of ether oxygens (including phenoxy) is 3. The molecule has 0 bridgehead atoms. The highest BCUT2D eigenvalue weighted by Crippen LogP contribution is 2.35. The number of carbonyl (C=O) groups is 2. The number of hydrogen-bond donors (Lipinski definition) is 0. The molecule has 0 aliphatic carbocycles. The lowest BCUT2D eigenvalue weighted by molar-refractivity contribution is 0.0533. The second-order valence-corrected chi connectivity index (χ2v) is 7.52. The molecule has 0 saturated carbocycles. The summed E-state index contributed by atoms with van der Waals surface area (Å²) in [4.78, 5) is 29.2. The van der Waals surface area contributed by atoms with E-state index in [-0.39, 0.29) is 11.8 Å². The van der Waals surface area contributed by atoms with Crippen molar-refractivity contribution < 1.29 is 23.8 Å². The molecule has 9 heteroatoms. The van der Waals surface area contributed by atoms with E-state index in [0.29, 0.717) is 64.6 Å². The van der Waals surface area contributed by atoms with Crippen LogP contribution in [0, 0.1) is 0 Å². The summed E-state index contributed by atoms with van der Waals surface area (Å²) >= 11 is 12.0. The number of carbonyl (C=O) groups excluding carboxylic acids is 2. The minimum Gasteiger partial charge on any atom is -0.496 e. The minimum absolute atomic E-state index is 0.171. The molecule has 1 aliphatic heterocycles. The van der Waals surface area contributed by atoms with Crippen molar-refractivity contribution in [3.8, 4) is 17.2 Å². The number of hydrogen-bond acceptors (Lipinski definition) is 5. The first-order valence-electron chi connectivity index (χ1n) is 9.22. The number of halogens is 2. The Kier molecular flexibility index (Phi) is 6.95. The summed E-state index contributed by atoms with van der Waals surface area (Å²) in [7, 11) is 4.51. The van der Waals surface area contributed by atoms with Crippen LogP contribution in [0.4, 0.5) is 0 Å². The number of rotatable bonds is 5. The van der Waals surface area contributed by atoms with E-state index >= 15 is 0 Å². The SMILES string of the molecule is COc1cc(OC)c(C(=O)N2CCN(C(=O)c3cc(Cl)cc(Cl)c3)CC2)cc1OC. The maximum absolute atomic E-state index is 13.1. The fourth-order valence-electron chi connectivity index (χ4n) is 3.34. The normalized spacial score (nSPS) is 13.8. The van der Waals surface area contributed by atoms with Gasteiger partial charge in [-0.25, -0.2) is 0 Å². The molecule has 1 fully saturated rings. The Morgan fingerprint density at radius 2 is 1.17 bits per heavy atom. The van der Waals surface area contributed by atoms with Gasteiger partial charge in [0, 0.05) is 53.9 Å². The van der Waals surface area contributed by atoms with E-state index in [1.54, 1.807) is 40.1 Å². The second kappa shape index (κ2) is 9.45. The van der Waals surface area contributed by atoms with Crippen LogP contribution in [-0.2, 0) is 0 Å². The van der Waals surface area contributed by atoms with Gasteiger partial charge in [0.05, 0.1) is 26.9 Å². The number of nitrogens with zero attached hydrogens (tertiary/aromatic N) is 2. The molecule has 1 heterocycles. The molecule has 2 aromatic carbocycles. The molecule has 0 atom stereocenters. The molecule has 160 valence electrons. The van der Waals surface area contributed by atoms with Crippen LogP contribution in [0.15, 0.2) is 30.3 Å². The highest BCUT2D eigenvalue weighted by molar-refractivity contribution is 6.35. The van der Waals surface area contributed by atoms with Gasteiger partial charge in [0.15, 0.2) is 11.5 Å². The quantitative estimate of drug-likeness (QED) is 0.692. The maximum Gasteiger partial charge on any atom is 0.257 e. The van der Waals surface area contributed by atoms with Crippen molar-refractivity contribution in [3.63, 3.8) is 0 Å². The lowest BCUT2D eigenvalue weighted by Crippen LogP contribution is -2.50. The van der Waals surface area contributed by atoms with E-state index in [2.05, 4.69) is 0 Å². The summed E-state index contributed by atoms with van der Waals surface area (Å²) in [5.74, 6) is 0.931. The van der Waals surface area contributed by atoms with E-state index in [4.69, 9.17) is 37.4 Å². The highest BCUT2D eigenvalue weighted by Gasteiger charge is 2.28. The third kappa shape index (κ3) is 4.57. The first kappa shape index (κ1) is 22.1. The van der Waals surface area contributed by atoms with Crippen LogP contribution in [0.2, 0.25) is 10.0 Å². The lowest BCUT2D eigenvalue weighted by atomic mass is 10.1. The summed E-state index contributed by atoms with van der Waals surface area (Å²) in [5.41, 5.74) is 0.797. The Labute approximate surface area is 185 Å². The predicted octanol–water partition coefficient (Wildman–Crippen LogP) is 3.62. The van der Waals surface area contributed by atoms with E-state index in [9.17, 15) is 9.59 Å². The second-order valence-electron chi connectivity index (χ2n) is 6.65. The van der Waals surface area contributed by atoms with E-state index in [1.165, 1.54) is 21.3 Å². The summed E-state index contributed by atoms with van der Waals surface area (Å²) in [6, 6.07) is 7.97. The maximum atomic E-state index is 13.1. The summed E-state index contributed by atoms with van der Waals surface area (Å²) in [6.07, 6.45) is 0. The molecule has 3 rings (SSSR count). The standard InChI is InChI=1S/C21H22Cl2N2O5/c1-28-17-12-19(30-3)18(29-2)11-16(17)21(27)25-6-4-24(5-7-25)20(26)13-8-14(22)10-15(23)9-13/h8-12H,4-7H2,1-3H3. The van der Waals surface area contributed by atoms with Crippen LogP contribution in [0.5, 0.6) is 17.2 Å². The Morgan fingerprint density at radius 3 is 1.67 bits per heavy atom. The first-order chi connectivity index (χ1) is 14.4. The van der Waals surface area contributed by atoms with Gasteiger partial charge in [0.2, 0.25) is 0 Å². The third-order valence-electron chi connectivity index (χ3n) is 4.90. The first-order valence-corrected chi connectivity index (χ1v) is 9.98. The van der Waals surface area contributed by atoms with Gasteiger partial charge >= 0.3 is 0 Å². The third-order valence-corrected chi connectivity index (χ3v) is 5.34. The summed E-state index contributed by atoms with van der Waals surface area (Å²) in [5, 5.41) is 0.806. The smallest absolute Gasteiger partial charge is 0.257 e. The molecular formula is C21H22Cl2N2O5. The van der Waals surface area contributed by atoms with Crippen LogP contribution in [0.3, 0.4) is 0 Å². The Bertz CT molecular complexity index is 938. The van der Waals surface area contributed by atoms with Crippen molar-refractivity contribution in [2.24, 2.45) is 0 Å². The highest BCUT2D eigenvalue weighted by atomic mass is 35.5. The van der Waals surface area contributed by atoms with Gasteiger partial charge in [-0.05, 0) is 18.2 Å². The van der Waals surface area contributed by atoms with Crippen molar-refractivity contribution in [2.75, 3.05) is 47.5 Å². The van der Waals surface area contributed by atoms with Gasteiger partial charge in [0.25, 0.3) is 11.8 Å². The van der Waals surface area contributed by atoms with E-state index in [1.807, 2.05) is 0 Å². The van der Waals surface area contributed by atoms with Gasteiger partial charge in [-0.1, -0.05) is 23.2 Å². The Morgan fingerprint density at radius 1 is 0.700 bits per heavy atom. The van der Waals surface area contributed by atoms with Crippen molar-refractivity contribution in [2.45, 2.75) is 0 Å². The number of benzene rings is 2. The molecule has 0 aromatic heterocycles. The number of piperazine rings is 1. The van der Waals surface area contributed by atoms with Crippen LogP contribution in [0.25, 0.3) is 0 Å². The minimum atomic E-state index is -0.203. The zero-order chi connectivity index (χ0) is 21.8. The summed E-state index contributed by atoms with van der Waals surface area (Å²) in [6.45, 7) is 1.56. The topological polar surface area (TPSA) is 68.3 Å². The Balaban J connectivity index is 1.73. The molecule has 7 nitrogen and oxygen atoms in total. The van der Waals surface area contributed by atoms with Gasteiger partial charge in [-0.2, -0.15) is 0 Å². The molecule has 1 aliphatic rings. The van der Waals surface area contributed by atoms with Crippen LogP contribution >= 0.6 is 23.2 Å². The van der Waals surface area contributed by atoms with Gasteiger partial charge in [-0.15, -0.1) is 0 Å². The average molecular weight is 453 g/mol. The number of methoxy groups -OCH3 is 3. The zero-order valence-corrected chi connectivity index (χ0v) is 18.4. The average Bonchev–Trinajstić information content (AvgIpc) is 2.76. The molecular weight excluding hydrogens is 431 g/mol. The van der Waals surface area contributed by atoms with E-state index < -0.39 is 0 Å². The largest absolute Gasteiger partial charge is 0.496 e.